The third-order valence-electron chi connectivity index (χ3n) is 2.46. The van der Waals surface area contributed by atoms with Gasteiger partial charge in [0.05, 0.1) is 0 Å². The Morgan fingerprint density at radius 1 is 1.50 bits per heavy atom. The van der Waals surface area contributed by atoms with Crippen LogP contribution in [-0.4, -0.2) is 28.2 Å². The van der Waals surface area contributed by atoms with Gasteiger partial charge < -0.3 is 15.5 Å². The third-order valence-corrected chi connectivity index (χ3v) is 2.79. The molecule has 0 heterocycles. The second kappa shape index (κ2) is 5.61. The minimum atomic E-state index is -1.10. The number of rotatable bonds is 4. The highest BCUT2D eigenvalue weighted by atomic mass is 35.5. The average Bonchev–Trinajstić information content (AvgIpc) is 2.20. The zero-order valence-corrected chi connectivity index (χ0v) is 9.61. The molecule has 1 amide bonds. The summed E-state index contributed by atoms with van der Waals surface area (Å²) in [6.45, 7) is 1.72. The Morgan fingerprint density at radius 3 is 2.62 bits per heavy atom. The molecule has 4 nitrogen and oxygen atoms in total. The number of nitrogens with one attached hydrogen (secondary N) is 1. The molecule has 0 spiro atoms. The first-order valence-corrected chi connectivity index (χ1v) is 5.43. The lowest BCUT2D eigenvalue weighted by atomic mass is 9.93. The van der Waals surface area contributed by atoms with E-state index in [0.717, 1.165) is 0 Å². The normalized spacial score (nSPS) is 14.1. The molecule has 0 saturated carbocycles. The van der Waals surface area contributed by atoms with Crippen LogP contribution in [0.4, 0.5) is 4.79 Å². The van der Waals surface area contributed by atoms with E-state index in [-0.39, 0.29) is 23.6 Å². The Hall–Kier alpha value is -1.42. The molecule has 0 radical (unpaired) electrons. The van der Waals surface area contributed by atoms with Crippen molar-refractivity contribution in [3.8, 4) is 5.75 Å². The smallest absolute Gasteiger partial charge is 0.404 e. The van der Waals surface area contributed by atoms with Gasteiger partial charge in [0.25, 0.3) is 0 Å². The molecule has 0 aromatic heterocycles. The Kier molecular flexibility index (Phi) is 4.43. The molecular formula is C11H14ClNO3. The molecule has 16 heavy (non-hydrogen) atoms. The lowest BCUT2D eigenvalue weighted by Gasteiger charge is -2.22. The predicted molar refractivity (Wildman–Crippen MR) is 62.2 cm³/mol. The van der Waals surface area contributed by atoms with E-state index in [4.69, 9.17) is 16.7 Å². The van der Waals surface area contributed by atoms with E-state index in [9.17, 15) is 9.90 Å². The number of benzene rings is 1. The molecule has 0 bridgehead atoms. The number of hydrogen-bond donors (Lipinski definition) is 3. The Balaban J connectivity index is 2.90. The number of halogens is 1. The van der Waals surface area contributed by atoms with Crippen LogP contribution in [0.2, 0.25) is 0 Å². The molecule has 1 rings (SSSR count). The van der Waals surface area contributed by atoms with Crippen molar-refractivity contribution in [2.75, 3.05) is 5.88 Å². The fraction of sp³-hybridized carbons (Fsp3) is 0.364. The van der Waals surface area contributed by atoms with Gasteiger partial charge >= 0.3 is 6.09 Å². The van der Waals surface area contributed by atoms with E-state index in [0.29, 0.717) is 5.56 Å². The zero-order chi connectivity index (χ0) is 12.1. The highest BCUT2D eigenvalue weighted by molar-refractivity contribution is 6.18. The molecule has 2 atom stereocenters. The van der Waals surface area contributed by atoms with Crippen LogP contribution in [0.25, 0.3) is 0 Å². The molecule has 1 aromatic carbocycles. The van der Waals surface area contributed by atoms with Gasteiger partial charge in [-0.15, -0.1) is 11.6 Å². The lowest BCUT2D eigenvalue weighted by molar-refractivity contribution is 0.189. The summed E-state index contributed by atoms with van der Waals surface area (Å²) in [7, 11) is 0. The predicted octanol–water partition coefficient (Wildman–Crippen LogP) is 2.37. The van der Waals surface area contributed by atoms with Crippen molar-refractivity contribution < 1.29 is 15.0 Å². The van der Waals surface area contributed by atoms with Crippen LogP contribution in [0, 0.1) is 0 Å². The summed E-state index contributed by atoms with van der Waals surface area (Å²) < 4.78 is 0. The number of alkyl halides is 1. The van der Waals surface area contributed by atoms with Gasteiger partial charge in [0, 0.05) is 23.4 Å². The first-order valence-electron chi connectivity index (χ1n) is 4.89. The summed E-state index contributed by atoms with van der Waals surface area (Å²) in [5.74, 6) is 0.116. The molecular weight excluding hydrogens is 230 g/mol. The molecule has 5 heteroatoms. The summed E-state index contributed by atoms with van der Waals surface area (Å²) in [5.41, 5.74) is 0.652. The van der Waals surface area contributed by atoms with Gasteiger partial charge in [-0.1, -0.05) is 18.2 Å². The van der Waals surface area contributed by atoms with Gasteiger partial charge in [0.2, 0.25) is 0 Å². The van der Waals surface area contributed by atoms with Crippen LogP contribution in [-0.2, 0) is 0 Å². The quantitative estimate of drug-likeness (QED) is 0.711. The topological polar surface area (TPSA) is 69.6 Å². The lowest BCUT2D eigenvalue weighted by Crippen LogP contribution is -2.36. The van der Waals surface area contributed by atoms with Crippen LogP contribution >= 0.6 is 11.6 Å². The van der Waals surface area contributed by atoms with Crippen LogP contribution in [0.1, 0.15) is 18.4 Å². The zero-order valence-electron chi connectivity index (χ0n) is 8.85. The highest BCUT2D eigenvalue weighted by Gasteiger charge is 2.22. The maximum atomic E-state index is 10.5. The molecule has 3 N–H and O–H groups in total. The van der Waals surface area contributed by atoms with E-state index < -0.39 is 6.09 Å². The van der Waals surface area contributed by atoms with Gasteiger partial charge in [-0.2, -0.15) is 0 Å². The Bertz CT molecular complexity index is 370. The fourth-order valence-electron chi connectivity index (χ4n) is 1.58. The fourth-order valence-corrected chi connectivity index (χ4v) is 2.02. The number of aromatic hydroxyl groups is 1. The molecule has 88 valence electrons. The first kappa shape index (κ1) is 12.6. The van der Waals surface area contributed by atoms with Gasteiger partial charge in [-0.3, -0.25) is 0 Å². The second-order valence-electron chi connectivity index (χ2n) is 3.56. The molecule has 0 unspecified atom stereocenters. The number of amides is 1. The molecule has 0 aliphatic heterocycles. The van der Waals surface area contributed by atoms with Gasteiger partial charge in [-0.25, -0.2) is 4.79 Å². The van der Waals surface area contributed by atoms with E-state index in [2.05, 4.69) is 5.32 Å². The van der Waals surface area contributed by atoms with Crippen molar-refractivity contribution in [3.05, 3.63) is 29.8 Å². The summed E-state index contributed by atoms with van der Waals surface area (Å²) >= 11 is 5.81. The van der Waals surface area contributed by atoms with Gasteiger partial charge in [-0.05, 0) is 13.0 Å². The monoisotopic (exact) mass is 243 g/mol. The van der Waals surface area contributed by atoms with Crippen molar-refractivity contribution in [2.45, 2.75) is 18.9 Å². The number of hydrogen-bond acceptors (Lipinski definition) is 2. The maximum absolute atomic E-state index is 10.5. The van der Waals surface area contributed by atoms with Gasteiger partial charge in [0.1, 0.15) is 5.75 Å². The van der Waals surface area contributed by atoms with Crippen LogP contribution in [0.5, 0.6) is 5.75 Å². The van der Waals surface area contributed by atoms with Crippen LogP contribution in [0.3, 0.4) is 0 Å². The number of phenols is 1. The Labute approximate surface area is 98.9 Å². The second-order valence-corrected chi connectivity index (χ2v) is 3.87. The standard InChI is InChI=1S/C11H14ClNO3/c1-7(13-11(15)16)9(6-12)8-4-2-3-5-10(8)14/h2-5,7,9,13-14H,6H2,1H3,(H,15,16)/t7-,9-/m0/s1. The SMILES string of the molecule is C[C@H](NC(=O)O)[C@H](CCl)c1ccccc1O. The van der Waals surface area contributed by atoms with Crippen molar-refractivity contribution in [1.29, 1.82) is 0 Å². The van der Waals surface area contributed by atoms with E-state index >= 15 is 0 Å². The average molecular weight is 244 g/mol. The van der Waals surface area contributed by atoms with Crippen LogP contribution < -0.4 is 5.32 Å². The summed E-state index contributed by atoms with van der Waals surface area (Å²) in [6.07, 6.45) is -1.10. The summed E-state index contributed by atoms with van der Waals surface area (Å²) in [5, 5.41) is 20.6. The first-order chi connectivity index (χ1) is 7.56. The minimum Gasteiger partial charge on any atom is -0.508 e. The number of carbonyl (C=O) groups is 1. The van der Waals surface area contributed by atoms with E-state index in [1.165, 1.54) is 0 Å². The van der Waals surface area contributed by atoms with Crippen molar-refractivity contribution in [1.82, 2.24) is 5.32 Å². The number of phenolic OH excluding ortho intramolecular Hbond substituents is 1. The molecule has 0 saturated heterocycles. The van der Waals surface area contributed by atoms with Crippen molar-refractivity contribution in [2.24, 2.45) is 0 Å². The van der Waals surface area contributed by atoms with E-state index in [1.807, 2.05) is 0 Å². The van der Waals surface area contributed by atoms with Crippen molar-refractivity contribution >= 4 is 17.7 Å². The molecule has 0 aliphatic rings. The van der Waals surface area contributed by atoms with Crippen LogP contribution in [0.15, 0.2) is 24.3 Å². The molecule has 0 fully saturated rings. The number of carboxylic acid groups (broad SMARTS) is 1. The minimum absolute atomic E-state index is 0.132. The maximum Gasteiger partial charge on any atom is 0.404 e. The summed E-state index contributed by atoms with van der Waals surface area (Å²) in [6, 6.07) is 6.43. The third kappa shape index (κ3) is 3.03. The highest BCUT2D eigenvalue weighted by Crippen LogP contribution is 2.28. The van der Waals surface area contributed by atoms with E-state index in [1.54, 1.807) is 31.2 Å². The number of para-hydroxylation sites is 1. The van der Waals surface area contributed by atoms with Crippen molar-refractivity contribution in [3.63, 3.8) is 0 Å². The molecule has 1 aromatic rings. The van der Waals surface area contributed by atoms with Gasteiger partial charge in [0.15, 0.2) is 0 Å². The molecule has 0 aliphatic carbocycles. The largest absolute Gasteiger partial charge is 0.508 e. The Morgan fingerprint density at radius 2 is 2.12 bits per heavy atom. The summed E-state index contributed by atoms with van der Waals surface area (Å²) in [4.78, 5) is 10.5.